The molecule has 3 N–H and O–H groups in total. The molecule has 0 saturated carbocycles. The van der Waals surface area contributed by atoms with E-state index >= 15 is 0 Å². The van der Waals surface area contributed by atoms with Crippen LogP contribution in [0.4, 0.5) is 0 Å². The van der Waals surface area contributed by atoms with Gasteiger partial charge in [-0.3, -0.25) is 19.7 Å². The number of carbonyl (C=O) groups excluding carboxylic acids is 3. The van der Waals surface area contributed by atoms with Crippen molar-refractivity contribution in [3.63, 3.8) is 0 Å². The number of hydrogen-bond donors (Lipinski definition) is 3. The van der Waals surface area contributed by atoms with Crippen LogP contribution < -0.4 is 16.0 Å². The van der Waals surface area contributed by atoms with E-state index in [1.807, 2.05) is 0 Å². The van der Waals surface area contributed by atoms with Crippen molar-refractivity contribution in [1.82, 2.24) is 16.0 Å². The van der Waals surface area contributed by atoms with Crippen molar-refractivity contribution in [3.05, 3.63) is 0 Å². The monoisotopic (exact) mass is 251 g/mol. The van der Waals surface area contributed by atoms with Crippen LogP contribution in [0, 0.1) is 5.92 Å². The molecule has 98 valence electrons. The molecule has 0 aromatic heterocycles. The third-order valence-corrected chi connectivity index (χ3v) is 4.19. The van der Waals surface area contributed by atoms with Gasteiger partial charge in [-0.2, -0.15) is 0 Å². The molecular formula is C12H17N3O3. The number of piperidine rings is 1. The Balaban J connectivity index is 1.58. The molecule has 18 heavy (non-hydrogen) atoms. The smallest absolute Gasteiger partial charge is 0.249 e. The van der Waals surface area contributed by atoms with Crippen molar-refractivity contribution in [3.8, 4) is 0 Å². The normalized spacial score (nSPS) is 38.7. The van der Waals surface area contributed by atoms with Crippen molar-refractivity contribution in [2.75, 3.05) is 0 Å². The quantitative estimate of drug-likeness (QED) is 0.552. The fourth-order valence-electron chi connectivity index (χ4n) is 3.22. The number of fused-ring (bicyclic) bond motifs is 2. The summed E-state index contributed by atoms with van der Waals surface area (Å²) >= 11 is 0. The highest BCUT2D eigenvalue weighted by atomic mass is 16.2. The molecule has 0 radical (unpaired) electrons. The van der Waals surface area contributed by atoms with Gasteiger partial charge < -0.3 is 10.6 Å². The number of carbonyl (C=O) groups is 3. The molecule has 3 saturated heterocycles. The van der Waals surface area contributed by atoms with Crippen LogP contribution in [0.15, 0.2) is 0 Å². The van der Waals surface area contributed by atoms with Crippen molar-refractivity contribution in [2.45, 2.75) is 50.2 Å². The Hall–Kier alpha value is -1.43. The molecule has 0 aromatic rings. The highest BCUT2D eigenvalue weighted by Gasteiger charge is 2.43. The van der Waals surface area contributed by atoms with E-state index in [4.69, 9.17) is 0 Å². The van der Waals surface area contributed by atoms with Gasteiger partial charge in [0.1, 0.15) is 6.04 Å². The fourth-order valence-corrected chi connectivity index (χ4v) is 3.22. The first-order valence-electron chi connectivity index (χ1n) is 6.53. The summed E-state index contributed by atoms with van der Waals surface area (Å²) in [6.45, 7) is 0. The predicted molar refractivity (Wildman–Crippen MR) is 62.4 cm³/mol. The van der Waals surface area contributed by atoms with Gasteiger partial charge in [0.05, 0.1) is 5.92 Å². The van der Waals surface area contributed by atoms with Crippen LogP contribution in [-0.4, -0.2) is 35.8 Å². The van der Waals surface area contributed by atoms with Gasteiger partial charge in [0.15, 0.2) is 0 Å². The van der Waals surface area contributed by atoms with Gasteiger partial charge in [0, 0.05) is 18.5 Å². The zero-order chi connectivity index (χ0) is 12.7. The van der Waals surface area contributed by atoms with E-state index in [1.165, 1.54) is 0 Å². The lowest BCUT2D eigenvalue weighted by atomic mass is 9.88. The molecule has 4 unspecified atom stereocenters. The van der Waals surface area contributed by atoms with Gasteiger partial charge in [-0.05, 0) is 25.7 Å². The Morgan fingerprint density at radius 1 is 1.22 bits per heavy atom. The third-order valence-electron chi connectivity index (χ3n) is 4.19. The number of rotatable bonds is 2. The highest BCUT2D eigenvalue weighted by molar-refractivity contribution is 6.01. The lowest BCUT2D eigenvalue weighted by molar-refractivity contribution is -0.138. The first kappa shape index (κ1) is 11.6. The van der Waals surface area contributed by atoms with E-state index in [9.17, 15) is 14.4 Å². The third kappa shape index (κ3) is 2.01. The van der Waals surface area contributed by atoms with Gasteiger partial charge in [-0.15, -0.1) is 0 Å². The summed E-state index contributed by atoms with van der Waals surface area (Å²) in [5.74, 6) is -0.707. The maximum absolute atomic E-state index is 12.1. The zero-order valence-corrected chi connectivity index (χ0v) is 10.1. The van der Waals surface area contributed by atoms with Crippen LogP contribution in [-0.2, 0) is 14.4 Å². The molecule has 4 atom stereocenters. The first-order chi connectivity index (χ1) is 8.63. The van der Waals surface area contributed by atoms with Gasteiger partial charge in [0.2, 0.25) is 17.7 Å². The summed E-state index contributed by atoms with van der Waals surface area (Å²) < 4.78 is 0. The summed E-state index contributed by atoms with van der Waals surface area (Å²) in [6, 6.07) is 0.185. The van der Waals surface area contributed by atoms with Crippen LogP contribution >= 0.6 is 0 Å². The molecule has 3 heterocycles. The largest absolute Gasteiger partial charge is 0.344 e. The highest BCUT2D eigenvalue weighted by Crippen LogP contribution is 2.33. The number of hydrogen-bond acceptors (Lipinski definition) is 4. The SMILES string of the molecule is O=C1CCC(NC(=O)C2CC3CCC2N3)C(=O)N1. The number of imide groups is 1. The van der Waals surface area contributed by atoms with E-state index in [0.29, 0.717) is 18.9 Å². The van der Waals surface area contributed by atoms with E-state index < -0.39 is 6.04 Å². The van der Waals surface area contributed by atoms with E-state index in [0.717, 1.165) is 19.3 Å². The van der Waals surface area contributed by atoms with Crippen LogP contribution in [0.1, 0.15) is 32.1 Å². The van der Waals surface area contributed by atoms with Crippen molar-refractivity contribution < 1.29 is 14.4 Å². The van der Waals surface area contributed by atoms with Crippen LogP contribution in [0.25, 0.3) is 0 Å². The van der Waals surface area contributed by atoms with E-state index in [-0.39, 0.29) is 29.7 Å². The Bertz CT molecular complexity index is 409. The van der Waals surface area contributed by atoms with E-state index in [2.05, 4.69) is 16.0 Å². The predicted octanol–water partition coefficient (Wildman–Crippen LogP) is -0.952. The van der Waals surface area contributed by atoms with Crippen LogP contribution in [0.2, 0.25) is 0 Å². The maximum atomic E-state index is 12.1. The lowest BCUT2D eigenvalue weighted by Crippen LogP contribution is -2.54. The molecule has 3 fully saturated rings. The average Bonchev–Trinajstić information content (AvgIpc) is 2.94. The topological polar surface area (TPSA) is 87.3 Å². The number of amides is 3. The molecule has 6 heteroatoms. The Morgan fingerprint density at radius 3 is 2.67 bits per heavy atom. The van der Waals surface area contributed by atoms with Crippen molar-refractivity contribution in [1.29, 1.82) is 0 Å². The molecule has 2 bridgehead atoms. The molecular weight excluding hydrogens is 234 g/mol. The molecule has 0 aromatic carbocycles. The van der Waals surface area contributed by atoms with Crippen LogP contribution in [0.3, 0.4) is 0 Å². The Kier molecular flexibility index (Phi) is 2.81. The van der Waals surface area contributed by atoms with Crippen molar-refractivity contribution in [2.24, 2.45) is 5.92 Å². The molecule has 3 aliphatic heterocycles. The molecule has 0 aliphatic carbocycles. The molecule has 3 aliphatic rings. The molecule has 0 spiro atoms. The molecule has 3 amide bonds. The van der Waals surface area contributed by atoms with Crippen LogP contribution in [0.5, 0.6) is 0 Å². The second-order valence-corrected chi connectivity index (χ2v) is 5.40. The molecule has 6 nitrogen and oxygen atoms in total. The fraction of sp³-hybridized carbons (Fsp3) is 0.750. The average molecular weight is 251 g/mol. The Morgan fingerprint density at radius 2 is 2.06 bits per heavy atom. The Labute approximate surface area is 105 Å². The van der Waals surface area contributed by atoms with Gasteiger partial charge in [0.25, 0.3) is 0 Å². The second-order valence-electron chi connectivity index (χ2n) is 5.40. The second kappa shape index (κ2) is 4.35. The summed E-state index contributed by atoms with van der Waals surface area (Å²) in [4.78, 5) is 34.7. The summed E-state index contributed by atoms with van der Waals surface area (Å²) in [5.41, 5.74) is 0. The van der Waals surface area contributed by atoms with Gasteiger partial charge in [-0.1, -0.05) is 0 Å². The van der Waals surface area contributed by atoms with E-state index in [1.54, 1.807) is 0 Å². The standard InChI is InChI=1S/C12H17N3O3/c16-10-4-3-9(12(18)15-10)14-11(17)7-5-6-1-2-8(7)13-6/h6-9,13H,1-5H2,(H,14,17)(H,15,16,18). The number of nitrogens with one attached hydrogen (secondary N) is 3. The summed E-state index contributed by atoms with van der Waals surface area (Å²) in [5, 5.41) is 8.42. The maximum Gasteiger partial charge on any atom is 0.249 e. The van der Waals surface area contributed by atoms with Crippen molar-refractivity contribution >= 4 is 17.7 Å². The first-order valence-corrected chi connectivity index (χ1v) is 6.53. The zero-order valence-electron chi connectivity index (χ0n) is 10.1. The minimum atomic E-state index is -0.547. The minimum absolute atomic E-state index is 0.0193. The lowest BCUT2D eigenvalue weighted by Gasteiger charge is -2.25. The molecule has 3 rings (SSSR count). The van der Waals surface area contributed by atoms with Gasteiger partial charge in [-0.25, -0.2) is 0 Å². The van der Waals surface area contributed by atoms with Gasteiger partial charge >= 0.3 is 0 Å². The summed E-state index contributed by atoms with van der Waals surface area (Å²) in [6.07, 6.45) is 3.76. The minimum Gasteiger partial charge on any atom is -0.344 e. The summed E-state index contributed by atoms with van der Waals surface area (Å²) in [7, 11) is 0.